The summed E-state index contributed by atoms with van der Waals surface area (Å²) >= 11 is 5.36. The molecule has 0 spiro atoms. The lowest BCUT2D eigenvalue weighted by Gasteiger charge is -2.26. The van der Waals surface area contributed by atoms with Gasteiger partial charge in [-0.05, 0) is 67.9 Å². The Morgan fingerprint density at radius 3 is 2.81 bits per heavy atom. The molecule has 2 bridgehead atoms. The van der Waals surface area contributed by atoms with Crippen LogP contribution in [-0.2, 0) is 10.3 Å². The Balaban J connectivity index is 1.45. The number of hydrazine groups is 1. The monoisotopic (exact) mass is 388 g/mol. The highest BCUT2D eigenvalue weighted by Gasteiger charge is 2.50. The summed E-state index contributed by atoms with van der Waals surface area (Å²) in [7, 11) is 1.56. The van der Waals surface area contributed by atoms with E-state index < -0.39 is 17.5 Å². The number of thiocarbonyl (C=S) groups is 1. The SMILES string of the molecule is COc1cccc([C@]2(C)NC(=O)N(NC(=S)N[C@H]3C[C@H]4CC[C@H]3C4)C2=O)c1. The van der Waals surface area contributed by atoms with Crippen molar-refractivity contribution in [2.24, 2.45) is 11.8 Å². The van der Waals surface area contributed by atoms with E-state index in [1.807, 2.05) is 0 Å². The van der Waals surface area contributed by atoms with Crippen molar-refractivity contribution in [3.63, 3.8) is 0 Å². The Bertz CT molecular complexity index is 801. The molecule has 4 atom stereocenters. The molecule has 1 heterocycles. The number of methoxy groups -OCH3 is 1. The summed E-state index contributed by atoms with van der Waals surface area (Å²) in [6, 6.07) is 6.91. The van der Waals surface area contributed by atoms with Crippen molar-refractivity contribution in [2.45, 2.75) is 44.2 Å². The number of carbonyl (C=O) groups excluding carboxylic acids is 2. The molecule has 4 rings (SSSR count). The van der Waals surface area contributed by atoms with Crippen LogP contribution in [0.4, 0.5) is 4.79 Å². The van der Waals surface area contributed by atoms with Crippen molar-refractivity contribution in [1.29, 1.82) is 0 Å². The van der Waals surface area contributed by atoms with Crippen molar-refractivity contribution in [3.05, 3.63) is 29.8 Å². The predicted octanol–water partition coefficient (Wildman–Crippen LogP) is 2.03. The van der Waals surface area contributed by atoms with Crippen LogP contribution >= 0.6 is 12.2 Å². The summed E-state index contributed by atoms with van der Waals surface area (Å²) in [5, 5.41) is 7.32. The predicted molar refractivity (Wildman–Crippen MR) is 104 cm³/mol. The van der Waals surface area contributed by atoms with E-state index in [4.69, 9.17) is 17.0 Å². The van der Waals surface area contributed by atoms with Crippen LogP contribution in [0.25, 0.3) is 0 Å². The van der Waals surface area contributed by atoms with Crippen molar-refractivity contribution in [3.8, 4) is 5.75 Å². The van der Waals surface area contributed by atoms with Gasteiger partial charge in [-0.25, -0.2) is 4.79 Å². The maximum Gasteiger partial charge on any atom is 0.344 e. The van der Waals surface area contributed by atoms with Gasteiger partial charge in [0, 0.05) is 6.04 Å². The van der Waals surface area contributed by atoms with Crippen molar-refractivity contribution in [1.82, 2.24) is 21.1 Å². The van der Waals surface area contributed by atoms with Gasteiger partial charge in [0.2, 0.25) is 0 Å². The van der Waals surface area contributed by atoms with Gasteiger partial charge in [0.15, 0.2) is 5.11 Å². The van der Waals surface area contributed by atoms with Gasteiger partial charge in [0.1, 0.15) is 11.3 Å². The summed E-state index contributed by atoms with van der Waals surface area (Å²) < 4.78 is 5.23. The zero-order valence-corrected chi connectivity index (χ0v) is 16.3. The summed E-state index contributed by atoms with van der Waals surface area (Å²) in [6.45, 7) is 1.68. The lowest BCUT2D eigenvalue weighted by Crippen LogP contribution is -2.53. The highest BCUT2D eigenvalue weighted by Crippen LogP contribution is 2.44. The zero-order valence-electron chi connectivity index (χ0n) is 15.5. The Morgan fingerprint density at radius 2 is 2.15 bits per heavy atom. The fourth-order valence-electron chi connectivity index (χ4n) is 4.59. The first kappa shape index (κ1) is 18.0. The third-order valence-corrected chi connectivity index (χ3v) is 6.32. The van der Waals surface area contributed by atoms with Gasteiger partial charge in [-0.2, -0.15) is 5.01 Å². The topological polar surface area (TPSA) is 82.7 Å². The number of amides is 3. The van der Waals surface area contributed by atoms with Gasteiger partial charge in [-0.1, -0.05) is 18.6 Å². The second kappa shape index (κ2) is 6.67. The van der Waals surface area contributed by atoms with Gasteiger partial charge in [0.05, 0.1) is 7.11 Å². The largest absolute Gasteiger partial charge is 0.497 e. The molecule has 1 aromatic carbocycles. The van der Waals surface area contributed by atoms with Crippen LogP contribution in [0.15, 0.2) is 24.3 Å². The summed E-state index contributed by atoms with van der Waals surface area (Å²) in [4.78, 5) is 25.4. The number of fused-ring (bicyclic) bond motifs is 2. The van der Waals surface area contributed by atoms with E-state index in [1.54, 1.807) is 38.3 Å². The molecular weight excluding hydrogens is 364 g/mol. The molecule has 3 amide bonds. The molecule has 1 aliphatic heterocycles. The van der Waals surface area contributed by atoms with E-state index in [0.29, 0.717) is 28.4 Å². The number of imide groups is 1. The Morgan fingerprint density at radius 1 is 1.33 bits per heavy atom. The normalized spacial score (nSPS) is 31.8. The quantitative estimate of drug-likeness (QED) is 0.541. The molecule has 3 fully saturated rings. The smallest absolute Gasteiger partial charge is 0.344 e. The van der Waals surface area contributed by atoms with E-state index in [9.17, 15) is 9.59 Å². The fraction of sp³-hybridized carbons (Fsp3) is 0.526. The van der Waals surface area contributed by atoms with Crippen molar-refractivity contribution in [2.75, 3.05) is 7.11 Å². The molecule has 0 aromatic heterocycles. The van der Waals surface area contributed by atoms with Crippen LogP contribution in [0.5, 0.6) is 5.75 Å². The molecule has 0 radical (unpaired) electrons. The standard InChI is InChI=1S/C19H24N4O3S/c1-19(13-4-3-5-14(10-13)26-2)16(24)23(18(25)21-19)22-17(27)20-15-9-11-6-7-12(15)8-11/h3-5,10-12,15H,6-9H2,1-2H3,(H,21,25)(H2,20,22,27)/t11-,12-,15-,19-/m0/s1. The molecule has 1 saturated heterocycles. The maximum absolute atomic E-state index is 13.0. The maximum atomic E-state index is 13.0. The lowest BCUT2D eigenvalue weighted by molar-refractivity contribution is -0.132. The molecule has 2 saturated carbocycles. The van der Waals surface area contributed by atoms with Crippen LogP contribution in [0.1, 0.15) is 38.2 Å². The number of ether oxygens (including phenoxy) is 1. The van der Waals surface area contributed by atoms with Crippen LogP contribution in [0, 0.1) is 11.8 Å². The third-order valence-electron chi connectivity index (χ3n) is 6.11. The Kier molecular flexibility index (Phi) is 4.46. The molecule has 7 nitrogen and oxygen atoms in total. The number of nitrogens with one attached hydrogen (secondary N) is 3. The second-order valence-electron chi connectivity index (χ2n) is 7.79. The van der Waals surface area contributed by atoms with Gasteiger partial charge in [-0.15, -0.1) is 0 Å². The average Bonchev–Trinajstić information content (AvgIpc) is 3.33. The number of benzene rings is 1. The number of hydrogen-bond donors (Lipinski definition) is 3. The number of urea groups is 1. The van der Waals surface area contributed by atoms with Crippen LogP contribution in [0.2, 0.25) is 0 Å². The summed E-state index contributed by atoms with van der Waals surface area (Å²) in [6.07, 6.45) is 4.88. The molecular formula is C19H24N4O3S. The van der Waals surface area contributed by atoms with E-state index in [1.165, 1.54) is 19.3 Å². The Hall–Kier alpha value is -2.35. The zero-order chi connectivity index (χ0) is 19.2. The van der Waals surface area contributed by atoms with Gasteiger partial charge in [-0.3, -0.25) is 10.2 Å². The molecule has 3 N–H and O–H groups in total. The number of hydrogen-bond acceptors (Lipinski definition) is 4. The minimum Gasteiger partial charge on any atom is -0.497 e. The van der Waals surface area contributed by atoms with Gasteiger partial charge < -0.3 is 15.4 Å². The molecule has 27 heavy (non-hydrogen) atoms. The minimum atomic E-state index is -1.18. The van der Waals surface area contributed by atoms with Crippen LogP contribution in [0.3, 0.4) is 0 Å². The van der Waals surface area contributed by atoms with Crippen LogP contribution in [-0.4, -0.2) is 35.2 Å². The molecule has 0 unspecified atom stereocenters. The van der Waals surface area contributed by atoms with Gasteiger partial charge >= 0.3 is 6.03 Å². The van der Waals surface area contributed by atoms with Crippen molar-refractivity contribution < 1.29 is 14.3 Å². The van der Waals surface area contributed by atoms with E-state index in [2.05, 4.69) is 16.1 Å². The van der Waals surface area contributed by atoms with Crippen molar-refractivity contribution >= 4 is 29.3 Å². The number of rotatable bonds is 4. The molecule has 1 aromatic rings. The average molecular weight is 388 g/mol. The third kappa shape index (κ3) is 3.12. The highest BCUT2D eigenvalue weighted by atomic mass is 32.1. The van der Waals surface area contributed by atoms with Crippen LogP contribution < -0.4 is 20.8 Å². The number of carbonyl (C=O) groups is 2. The molecule has 144 valence electrons. The first-order valence-electron chi connectivity index (χ1n) is 9.29. The Labute approximate surface area is 163 Å². The number of nitrogens with zero attached hydrogens (tertiary/aromatic N) is 1. The summed E-state index contributed by atoms with van der Waals surface area (Å²) in [5.74, 6) is 1.64. The van der Waals surface area contributed by atoms with E-state index >= 15 is 0 Å². The first-order valence-corrected chi connectivity index (χ1v) is 9.70. The van der Waals surface area contributed by atoms with Gasteiger partial charge in [0.25, 0.3) is 5.91 Å². The fourth-order valence-corrected chi connectivity index (χ4v) is 4.84. The van der Waals surface area contributed by atoms with E-state index in [-0.39, 0.29) is 0 Å². The molecule has 8 heteroatoms. The second-order valence-corrected chi connectivity index (χ2v) is 8.20. The molecule has 3 aliphatic rings. The minimum absolute atomic E-state index is 0.311. The summed E-state index contributed by atoms with van der Waals surface area (Å²) in [5.41, 5.74) is 2.25. The molecule has 2 aliphatic carbocycles. The first-order chi connectivity index (χ1) is 12.9. The lowest BCUT2D eigenvalue weighted by atomic mass is 9.92. The van der Waals surface area contributed by atoms with E-state index in [0.717, 1.165) is 17.3 Å². The highest BCUT2D eigenvalue weighted by molar-refractivity contribution is 7.80.